The van der Waals surface area contributed by atoms with E-state index >= 15 is 0 Å². The lowest BCUT2D eigenvalue weighted by Crippen LogP contribution is -2.20. The largest absolute Gasteiger partial charge is 0.465 e. The van der Waals surface area contributed by atoms with E-state index in [0.717, 1.165) is 11.3 Å². The third-order valence-corrected chi connectivity index (χ3v) is 5.38. The Hall–Kier alpha value is -2.92. The highest BCUT2D eigenvalue weighted by Gasteiger charge is 2.22. The van der Waals surface area contributed by atoms with Crippen LogP contribution in [0, 0.1) is 0 Å². The second kappa shape index (κ2) is 11.2. The Balaban J connectivity index is 2.05. The van der Waals surface area contributed by atoms with E-state index < -0.39 is 11.9 Å². The molecule has 2 aromatic rings. The van der Waals surface area contributed by atoms with Crippen molar-refractivity contribution in [3.8, 4) is 0 Å². The highest BCUT2D eigenvalue weighted by molar-refractivity contribution is 7.99. The van der Waals surface area contributed by atoms with Gasteiger partial charge >= 0.3 is 11.9 Å². The van der Waals surface area contributed by atoms with Crippen molar-refractivity contribution < 1.29 is 23.9 Å². The van der Waals surface area contributed by atoms with Crippen LogP contribution in [0.5, 0.6) is 0 Å². The molecule has 154 valence electrons. The number of carbonyl (C=O) groups is 3. The molecule has 0 saturated heterocycles. The van der Waals surface area contributed by atoms with E-state index in [1.165, 1.54) is 24.9 Å². The molecule has 0 spiro atoms. The van der Waals surface area contributed by atoms with Gasteiger partial charge in [0.25, 0.3) is 0 Å². The molecule has 29 heavy (non-hydrogen) atoms. The number of ether oxygens (including phenoxy) is 2. The topological polar surface area (TPSA) is 111 Å². The molecule has 2 heterocycles. The number of nitrogens with one attached hydrogen (secondary N) is 1. The molecular weight excluding hydrogens is 416 g/mol. The van der Waals surface area contributed by atoms with Gasteiger partial charge in [0.2, 0.25) is 5.91 Å². The van der Waals surface area contributed by atoms with Gasteiger partial charge in [-0.1, -0.05) is 6.07 Å². The lowest BCUT2D eigenvalue weighted by molar-refractivity contribution is -0.113. The zero-order valence-electron chi connectivity index (χ0n) is 15.9. The van der Waals surface area contributed by atoms with Crippen LogP contribution in [-0.4, -0.2) is 48.6 Å². The fraction of sp³-hybridized carbons (Fsp3) is 0.278. The summed E-state index contributed by atoms with van der Waals surface area (Å²) in [7, 11) is 1.24. The van der Waals surface area contributed by atoms with Crippen molar-refractivity contribution in [1.29, 1.82) is 0 Å². The zero-order valence-corrected chi connectivity index (χ0v) is 17.5. The minimum Gasteiger partial charge on any atom is -0.465 e. The molecule has 0 fully saturated rings. The van der Waals surface area contributed by atoms with Crippen LogP contribution in [0.3, 0.4) is 0 Å². The number of carbonyl (C=O) groups excluding carboxylic acids is 3. The van der Waals surface area contributed by atoms with Gasteiger partial charge in [-0.3, -0.25) is 4.79 Å². The summed E-state index contributed by atoms with van der Waals surface area (Å²) in [4.78, 5) is 36.4. The Kier molecular flexibility index (Phi) is 8.62. The summed E-state index contributed by atoms with van der Waals surface area (Å²) >= 11 is 2.30. The Morgan fingerprint density at radius 2 is 2.10 bits per heavy atom. The van der Waals surface area contributed by atoms with Gasteiger partial charge in [0, 0.05) is 12.9 Å². The number of aromatic nitrogens is 1. The van der Waals surface area contributed by atoms with Crippen LogP contribution in [0.4, 0.5) is 5.00 Å². The minimum absolute atomic E-state index is 0.117. The molecule has 0 saturated carbocycles. The first kappa shape index (κ1) is 22.4. The molecule has 0 aliphatic rings. The van der Waals surface area contributed by atoms with Crippen LogP contribution in [-0.2, 0) is 20.1 Å². The van der Waals surface area contributed by atoms with Crippen LogP contribution in [0.25, 0.3) is 0 Å². The van der Waals surface area contributed by atoms with E-state index in [1.807, 2.05) is 22.9 Å². The van der Waals surface area contributed by atoms with Crippen molar-refractivity contribution in [2.45, 2.75) is 12.8 Å². The zero-order chi connectivity index (χ0) is 21.2. The number of nitrogens with zero attached hydrogens (tertiary/aromatic N) is 3. The second-order valence-corrected chi connectivity index (χ2v) is 7.37. The molecule has 0 radical (unpaired) electrons. The van der Waals surface area contributed by atoms with E-state index in [4.69, 9.17) is 4.74 Å². The highest BCUT2D eigenvalue weighted by atomic mass is 32.2. The summed E-state index contributed by atoms with van der Waals surface area (Å²) in [6, 6.07) is 6.80. The predicted molar refractivity (Wildman–Crippen MR) is 112 cm³/mol. The molecule has 0 bridgehead atoms. The molecule has 0 atom stereocenters. The van der Waals surface area contributed by atoms with Crippen molar-refractivity contribution in [2.24, 2.45) is 10.2 Å². The normalized spacial score (nSPS) is 11.0. The summed E-state index contributed by atoms with van der Waals surface area (Å²) in [5, 5.41) is 10.3. The maximum absolute atomic E-state index is 12.3. The molecule has 1 amide bonds. The first-order valence-electron chi connectivity index (χ1n) is 8.42. The Morgan fingerprint density at radius 1 is 1.31 bits per heavy atom. The SMILES string of the molecule is C=N/N=c1/ccccn1CSCC(=O)Nc1sc(C(=O)OC)cc1C(=O)OCC. The summed E-state index contributed by atoms with van der Waals surface area (Å²) in [6.45, 7) is 5.18. The van der Waals surface area contributed by atoms with E-state index in [-0.39, 0.29) is 33.7 Å². The van der Waals surface area contributed by atoms with Crippen LogP contribution in [0.2, 0.25) is 0 Å². The van der Waals surface area contributed by atoms with Crippen LogP contribution in [0.15, 0.2) is 40.7 Å². The molecule has 0 aliphatic carbocycles. The fourth-order valence-electron chi connectivity index (χ4n) is 2.18. The average molecular weight is 437 g/mol. The smallest absolute Gasteiger partial charge is 0.348 e. The number of hydrogen-bond acceptors (Lipinski definition) is 9. The number of pyridine rings is 1. The lowest BCUT2D eigenvalue weighted by Gasteiger charge is -2.08. The number of methoxy groups -OCH3 is 1. The number of thioether (sulfide) groups is 1. The van der Waals surface area contributed by atoms with Gasteiger partial charge in [0.15, 0.2) is 5.49 Å². The van der Waals surface area contributed by atoms with Crippen LogP contribution in [0.1, 0.15) is 27.0 Å². The quantitative estimate of drug-likeness (QED) is 0.367. The van der Waals surface area contributed by atoms with Gasteiger partial charge in [0.05, 0.1) is 30.9 Å². The van der Waals surface area contributed by atoms with Gasteiger partial charge < -0.3 is 19.4 Å². The predicted octanol–water partition coefficient (Wildman–Crippen LogP) is 2.36. The van der Waals surface area contributed by atoms with Gasteiger partial charge in [-0.15, -0.1) is 28.2 Å². The first-order valence-corrected chi connectivity index (χ1v) is 10.4. The van der Waals surface area contributed by atoms with Crippen molar-refractivity contribution >= 4 is 52.7 Å². The molecule has 11 heteroatoms. The molecular formula is C18H20N4O5S2. The summed E-state index contributed by atoms with van der Waals surface area (Å²) in [5.74, 6) is -0.953. The summed E-state index contributed by atoms with van der Waals surface area (Å²) in [6.07, 6.45) is 1.82. The van der Waals surface area contributed by atoms with E-state index in [2.05, 4.69) is 27.0 Å². The Labute approximate surface area is 175 Å². The van der Waals surface area contributed by atoms with Gasteiger partial charge in [-0.05, 0) is 25.1 Å². The molecule has 0 aliphatic heterocycles. The highest BCUT2D eigenvalue weighted by Crippen LogP contribution is 2.29. The molecule has 2 aromatic heterocycles. The van der Waals surface area contributed by atoms with Crippen molar-refractivity contribution in [2.75, 3.05) is 24.8 Å². The number of anilines is 1. The molecule has 1 N–H and O–H groups in total. The second-order valence-electron chi connectivity index (χ2n) is 5.36. The first-order chi connectivity index (χ1) is 14.0. The van der Waals surface area contributed by atoms with Crippen molar-refractivity contribution in [3.63, 3.8) is 0 Å². The van der Waals surface area contributed by atoms with Gasteiger partial charge in [-0.2, -0.15) is 5.10 Å². The fourth-order valence-corrected chi connectivity index (χ4v) is 3.93. The van der Waals surface area contributed by atoms with Gasteiger partial charge in [0.1, 0.15) is 9.88 Å². The van der Waals surface area contributed by atoms with Crippen molar-refractivity contribution in [1.82, 2.24) is 4.57 Å². The number of esters is 2. The lowest BCUT2D eigenvalue weighted by atomic mass is 10.3. The molecule has 0 unspecified atom stereocenters. The number of hydrogen-bond donors (Lipinski definition) is 1. The Bertz CT molecular complexity index is 967. The monoisotopic (exact) mass is 436 g/mol. The third kappa shape index (κ3) is 6.29. The van der Waals surface area contributed by atoms with Gasteiger partial charge in [-0.25, -0.2) is 9.59 Å². The number of amides is 1. The maximum Gasteiger partial charge on any atom is 0.348 e. The number of rotatable bonds is 9. The van der Waals surface area contributed by atoms with E-state index in [0.29, 0.717) is 11.4 Å². The maximum atomic E-state index is 12.3. The van der Waals surface area contributed by atoms with E-state index in [1.54, 1.807) is 13.0 Å². The van der Waals surface area contributed by atoms with E-state index in [9.17, 15) is 14.4 Å². The van der Waals surface area contributed by atoms with Crippen LogP contribution < -0.4 is 10.8 Å². The van der Waals surface area contributed by atoms with Crippen molar-refractivity contribution in [3.05, 3.63) is 46.4 Å². The molecule has 9 nitrogen and oxygen atoms in total. The Morgan fingerprint density at radius 3 is 2.79 bits per heavy atom. The molecule has 2 rings (SSSR count). The van der Waals surface area contributed by atoms with Crippen LogP contribution >= 0.6 is 23.1 Å². The average Bonchev–Trinajstić information content (AvgIpc) is 3.13. The third-order valence-electron chi connectivity index (χ3n) is 3.42. The number of thiophene rings is 1. The summed E-state index contributed by atoms with van der Waals surface area (Å²) < 4.78 is 11.5. The standard InChI is InChI=1S/C18H20N4O5S2/c1-4-27-17(24)12-9-13(18(25)26-3)29-16(12)20-15(23)10-28-11-22-8-6-5-7-14(22)21-19-2/h5-9H,2,4,10-11H2,1,3H3,(H,20,23)/b21-14-. The minimum atomic E-state index is -0.620. The molecule has 0 aromatic carbocycles. The summed E-state index contributed by atoms with van der Waals surface area (Å²) in [5.41, 5.74) is 0.729.